The van der Waals surface area contributed by atoms with Crippen molar-refractivity contribution in [3.05, 3.63) is 29.8 Å². The summed E-state index contributed by atoms with van der Waals surface area (Å²) in [5.41, 5.74) is 0.200. The molecule has 1 aliphatic rings. The number of ether oxygens (including phenoxy) is 1. The van der Waals surface area contributed by atoms with Crippen LogP contribution < -0.4 is 10.6 Å². The number of esters is 1. The highest BCUT2D eigenvalue weighted by Gasteiger charge is 2.30. The third kappa shape index (κ3) is 5.72. The lowest BCUT2D eigenvalue weighted by Gasteiger charge is -2.25. The predicted octanol–water partition coefficient (Wildman–Crippen LogP) is 1.42. The summed E-state index contributed by atoms with van der Waals surface area (Å²) in [6.45, 7) is 6.15. The molecule has 1 saturated heterocycles. The molecule has 1 heterocycles. The first-order chi connectivity index (χ1) is 11.2. The molecule has 1 aromatic carbocycles. The van der Waals surface area contributed by atoms with E-state index >= 15 is 0 Å². The van der Waals surface area contributed by atoms with Crippen LogP contribution in [-0.4, -0.2) is 46.3 Å². The molecule has 0 spiro atoms. The topological polar surface area (TPSA) is 87.7 Å². The number of phenols is 1. The highest BCUT2D eigenvalue weighted by molar-refractivity contribution is 8.00. The Morgan fingerprint density at radius 2 is 2.04 bits per heavy atom. The number of benzene rings is 1. The molecule has 0 saturated carbocycles. The maximum Gasteiger partial charge on any atom is 0.329 e. The number of hydrogen-bond acceptors (Lipinski definition) is 6. The minimum Gasteiger partial charge on any atom is -0.508 e. The molecular weight excluding hydrogens is 328 g/mol. The van der Waals surface area contributed by atoms with Crippen molar-refractivity contribution in [1.29, 1.82) is 0 Å². The van der Waals surface area contributed by atoms with Gasteiger partial charge in [0.15, 0.2) is 0 Å². The van der Waals surface area contributed by atoms with Crippen LogP contribution in [0, 0.1) is 0 Å². The van der Waals surface area contributed by atoms with Gasteiger partial charge in [-0.05, 0) is 38.5 Å². The molecule has 7 heteroatoms. The van der Waals surface area contributed by atoms with Crippen molar-refractivity contribution in [3.63, 3.8) is 0 Å². The molecule has 2 rings (SSSR count). The van der Waals surface area contributed by atoms with E-state index in [4.69, 9.17) is 4.74 Å². The molecule has 1 amide bonds. The van der Waals surface area contributed by atoms with E-state index in [0.717, 1.165) is 17.9 Å². The molecular formula is C17H24N2O4S. The quantitative estimate of drug-likeness (QED) is 0.695. The summed E-state index contributed by atoms with van der Waals surface area (Å²) in [5, 5.41) is 14.9. The van der Waals surface area contributed by atoms with Gasteiger partial charge in [0, 0.05) is 18.7 Å². The highest BCUT2D eigenvalue weighted by atomic mass is 32.2. The van der Waals surface area contributed by atoms with Gasteiger partial charge in [-0.3, -0.25) is 10.1 Å². The van der Waals surface area contributed by atoms with E-state index in [9.17, 15) is 14.7 Å². The second kappa shape index (κ2) is 7.90. The first-order valence-electron chi connectivity index (χ1n) is 7.91. The van der Waals surface area contributed by atoms with Gasteiger partial charge in [-0.25, -0.2) is 4.79 Å². The SMILES string of the molecule is CC(C)(C)OC(=O)[C@H](Cc1ccc(O)cc1)NC(=O)[C@H]1NCCS1. The van der Waals surface area contributed by atoms with Gasteiger partial charge in [0.25, 0.3) is 0 Å². The minimum atomic E-state index is -0.774. The predicted molar refractivity (Wildman–Crippen MR) is 93.8 cm³/mol. The number of rotatable bonds is 5. The molecule has 0 aromatic heterocycles. The first-order valence-corrected chi connectivity index (χ1v) is 8.95. The third-order valence-corrected chi connectivity index (χ3v) is 4.49. The Balaban J connectivity index is 2.08. The van der Waals surface area contributed by atoms with Crippen molar-refractivity contribution >= 4 is 23.6 Å². The molecule has 0 radical (unpaired) electrons. The smallest absolute Gasteiger partial charge is 0.329 e. The van der Waals surface area contributed by atoms with Crippen molar-refractivity contribution in [2.45, 2.75) is 44.2 Å². The van der Waals surface area contributed by atoms with E-state index in [1.807, 2.05) is 0 Å². The van der Waals surface area contributed by atoms with Crippen LogP contribution in [0.4, 0.5) is 0 Å². The monoisotopic (exact) mass is 352 g/mol. The minimum absolute atomic E-state index is 0.156. The Morgan fingerprint density at radius 3 is 2.58 bits per heavy atom. The molecule has 0 bridgehead atoms. The van der Waals surface area contributed by atoms with Gasteiger partial charge in [0.05, 0.1) is 0 Å². The Morgan fingerprint density at radius 1 is 1.38 bits per heavy atom. The van der Waals surface area contributed by atoms with E-state index in [2.05, 4.69) is 10.6 Å². The van der Waals surface area contributed by atoms with Gasteiger partial charge >= 0.3 is 5.97 Å². The highest BCUT2D eigenvalue weighted by Crippen LogP contribution is 2.17. The maximum absolute atomic E-state index is 12.5. The lowest BCUT2D eigenvalue weighted by molar-refractivity contribution is -0.158. The average Bonchev–Trinajstić information content (AvgIpc) is 3.01. The molecule has 24 heavy (non-hydrogen) atoms. The second-order valence-corrected chi connectivity index (χ2v) is 7.88. The number of aromatic hydroxyl groups is 1. The van der Waals surface area contributed by atoms with E-state index in [0.29, 0.717) is 6.42 Å². The Kier molecular flexibility index (Phi) is 6.12. The molecule has 1 fully saturated rings. The molecule has 1 aromatic rings. The molecule has 132 valence electrons. The van der Waals surface area contributed by atoms with Crippen LogP contribution in [-0.2, 0) is 20.7 Å². The van der Waals surface area contributed by atoms with Gasteiger partial charge in [-0.1, -0.05) is 12.1 Å². The lowest BCUT2D eigenvalue weighted by Crippen LogP contribution is -2.50. The molecule has 0 unspecified atom stereocenters. The third-order valence-electron chi connectivity index (χ3n) is 3.34. The summed E-state index contributed by atoms with van der Waals surface area (Å²) < 4.78 is 5.43. The Bertz CT molecular complexity index is 577. The largest absolute Gasteiger partial charge is 0.508 e. The zero-order valence-electron chi connectivity index (χ0n) is 14.2. The summed E-state index contributed by atoms with van der Waals surface area (Å²) in [6.07, 6.45) is 0.304. The summed E-state index contributed by atoms with van der Waals surface area (Å²) >= 11 is 1.52. The lowest BCUT2D eigenvalue weighted by atomic mass is 10.1. The molecule has 0 aliphatic carbocycles. The molecule has 6 nitrogen and oxygen atoms in total. The molecule has 1 aliphatic heterocycles. The fraction of sp³-hybridized carbons (Fsp3) is 0.529. The number of hydrogen-bond donors (Lipinski definition) is 3. The van der Waals surface area contributed by atoms with Gasteiger partial charge in [-0.2, -0.15) is 0 Å². The second-order valence-electron chi connectivity index (χ2n) is 6.67. The van der Waals surface area contributed by atoms with Crippen LogP contribution in [0.2, 0.25) is 0 Å². The van der Waals surface area contributed by atoms with Crippen molar-refractivity contribution in [3.8, 4) is 5.75 Å². The maximum atomic E-state index is 12.5. The van der Waals surface area contributed by atoms with Crippen molar-refractivity contribution in [1.82, 2.24) is 10.6 Å². The summed E-state index contributed by atoms with van der Waals surface area (Å²) in [5.74, 6) is 0.342. The molecule has 2 atom stereocenters. The van der Waals surface area contributed by atoms with Crippen LogP contribution in [0.5, 0.6) is 5.75 Å². The fourth-order valence-electron chi connectivity index (χ4n) is 2.28. The standard InChI is InChI=1S/C17H24N2O4S/c1-17(2,3)23-16(22)13(10-11-4-6-12(20)7-5-11)19-14(21)15-18-8-9-24-15/h4-7,13,15,18,20H,8-10H2,1-3H3,(H,19,21)/t13-,15-/m0/s1. The summed E-state index contributed by atoms with van der Waals surface area (Å²) in [7, 11) is 0. The van der Waals surface area contributed by atoms with Gasteiger partial charge < -0.3 is 15.2 Å². The zero-order chi connectivity index (χ0) is 17.7. The number of carbonyl (C=O) groups excluding carboxylic acids is 2. The van der Waals surface area contributed by atoms with E-state index in [-0.39, 0.29) is 17.0 Å². The van der Waals surface area contributed by atoms with Crippen molar-refractivity contribution in [2.75, 3.05) is 12.3 Å². The van der Waals surface area contributed by atoms with Crippen molar-refractivity contribution < 1.29 is 19.4 Å². The molecule has 3 N–H and O–H groups in total. The normalized spacial score (nSPS) is 18.9. The van der Waals surface area contributed by atoms with Crippen LogP contribution in [0.25, 0.3) is 0 Å². The van der Waals surface area contributed by atoms with Crippen LogP contribution in [0.15, 0.2) is 24.3 Å². The zero-order valence-corrected chi connectivity index (χ0v) is 15.0. The van der Waals surface area contributed by atoms with Crippen LogP contribution in [0.1, 0.15) is 26.3 Å². The van der Waals surface area contributed by atoms with Gasteiger partial charge in [0.1, 0.15) is 22.8 Å². The first kappa shape index (κ1) is 18.6. The fourth-order valence-corrected chi connectivity index (χ4v) is 3.20. The van der Waals surface area contributed by atoms with Gasteiger partial charge in [0.2, 0.25) is 5.91 Å². The van der Waals surface area contributed by atoms with E-state index in [1.165, 1.54) is 11.8 Å². The van der Waals surface area contributed by atoms with E-state index < -0.39 is 17.6 Å². The summed E-state index contributed by atoms with van der Waals surface area (Å²) in [4.78, 5) is 24.8. The van der Waals surface area contributed by atoms with Crippen LogP contribution in [0.3, 0.4) is 0 Å². The number of amides is 1. The van der Waals surface area contributed by atoms with Gasteiger partial charge in [-0.15, -0.1) is 11.8 Å². The Labute approximate surface area is 146 Å². The summed E-state index contributed by atoms with van der Waals surface area (Å²) in [6, 6.07) is 5.78. The van der Waals surface area contributed by atoms with E-state index in [1.54, 1.807) is 45.0 Å². The number of nitrogens with one attached hydrogen (secondary N) is 2. The van der Waals surface area contributed by atoms with Crippen LogP contribution >= 0.6 is 11.8 Å². The number of phenolic OH excluding ortho intramolecular Hbond substituents is 1. The van der Waals surface area contributed by atoms with Crippen molar-refractivity contribution in [2.24, 2.45) is 0 Å². The number of carbonyl (C=O) groups is 2. The number of thioether (sulfide) groups is 1. The Hall–Kier alpha value is -1.73. The average molecular weight is 352 g/mol.